The second-order valence-electron chi connectivity index (χ2n) is 6.17. The summed E-state index contributed by atoms with van der Waals surface area (Å²) in [6.45, 7) is 2.53. The fourth-order valence-corrected chi connectivity index (χ4v) is 2.96. The highest BCUT2D eigenvalue weighted by Crippen LogP contribution is 2.21. The van der Waals surface area contributed by atoms with Crippen LogP contribution in [0.5, 0.6) is 0 Å². The molecule has 1 N–H and O–H groups in total. The number of nitrogens with zero attached hydrogens (tertiary/aromatic N) is 1. The number of hydrogen-bond acceptors (Lipinski definition) is 4. The number of carbonyl (C=O) groups excluding carboxylic acids is 3. The average Bonchev–Trinajstić information content (AvgIpc) is 3.16. The fourth-order valence-electron chi connectivity index (χ4n) is 2.96. The molecule has 0 saturated carbocycles. The van der Waals surface area contributed by atoms with Crippen LogP contribution in [-0.4, -0.2) is 35.6 Å². The summed E-state index contributed by atoms with van der Waals surface area (Å²) in [5.41, 5.74) is 1.18. The first-order chi connectivity index (χ1) is 12.0. The van der Waals surface area contributed by atoms with Crippen molar-refractivity contribution in [1.29, 1.82) is 0 Å². The van der Waals surface area contributed by atoms with E-state index in [1.54, 1.807) is 41.3 Å². The predicted octanol–water partition coefficient (Wildman–Crippen LogP) is 2.97. The van der Waals surface area contributed by atoms with Crippen LogP contribution in [0, 0.1) is 5.92 Å². The zero-order valence-electron chi connectivity index (χ0n) is 14.0. The molecule has 1 aromatic heterocycles. The number of nitrogens with one attached hydrogen (secondary N) is 1. The Hall–Kier alpha value is -2.89. The van der Waals surface area contributed by atoms with E-state index in [1.165, 1.54) is 13.2 Å². The van der Waals surface area contributed by atoms with Gasteiger partial charge in [-0.1, -0.05) is 12.1 Å². The number of ketones is 1. The van der Waals surface area contributed by atoms with Gasteiger partial charge in [0.25, 0.3) is 5.91 Å². The molecule has 2 heterocycles. The van der Waals surface area contributed by atoms with E-state index in [-0.39, 0.29) is 23.5 Å². The highest BCUT2D eigenvalue weighted by Gasteiger charge is 2.28. The molecule has 1 fully saturated rings. The van der Waals surface area contributed by atoms with E-state index < -0.39 is 0 Å². The SMILES string of the molecule is CC(=O)c1cccc(NC(=O)C2CCN(C(=O)c3ccco3)CC2)c1. The molecule has 6 nitrogen and oxygen atoms in total. The molecule has 3 rings (SSSR count). The van der Waals surface area contributed by atoms with Crippen LogP contribution in [0.4, 0.5) is 5.69 Å². The molecule has 6 heteroatoms. The molecular formula is C19H20N2O4. The summed E-state index contributed by atoms with van der Waals surface area (Å²) in [6.07, 6.45) is 2.68. The van der Waals surface area contributed by atoms with Gasteiger partial charge in [0.1, 0.15) is 0 Å². The quantitative estimate of drug-likeness (QED) is 0.868. The number of benzene rings is 1. The van der Waals surface area contributed by atoms with Crippen LogP contribution in [0.3, 0.4) is 0 Å². The number of piperidine rings is 1. The largest absolute Gasteiger partial charge is 0.459 e. The number of rotatable bonds is 4. The maximum atomic E-state index is 12.4. The second kappa shape index (κ2) is 7.34. The fraction of sp³-hybridized carbons (Fsp3) is 0.316. The Morgan fingerprint density at radius 3 is 2.52 bits per heavy atom. The highest BCUT2D eigenvalue weighted by molar-refractivity contribution is 5.97. The van der Waals surface area contributed by atoms with Gasteiger partial charge in [-0.3, -0.25) is 14.4 Å². The molecule has 0 aliphatic carbocycles. The maximum Gasteiger partial charge on any atom is 0.289 e. The van der Waals surface area contributed by atoms with E-state index in [4.69, 9.17) is 4.42 Å². The van der Waals surface area contributed by atoms with Crippen molar-refractivity contribution >= 4 is 23.3 Å². The van der Waals surface area contributed by atoms with Crippen molar-refractivity contribution < 1.29 is 18.8 Å². The standard InChI is InChI=1S/C19H20N2O4/c1-13(22)15-4-2-5-16(12-15)20-18(23)14-7-9-21(10-8-14)19(24)17-6-3-11-25-17/h2-6,11-12,14H,7-10H2,1H3,(H,20,23). The highest BCUT2D eigenvalue weighted by atomic mass is 16.3. The third kappa shape index (κ3) is 3.96. The lowest BCUT2D eigenvalue weighted by Gasteiger charge is -2.30. The van der Waals surface area contributed by atoms with Crippen molar-refractivity contribution in [3.05, 3.63) is 54.0 Å². The molecule has 2 aromatic rings. The molecule has 0 unspecified atom stereocenters. The van der Waals surface area contributed by atoms with E-state index in [0.717, 1.165) is 0 Å². The molecule has 1 saturated heterocycles. The Morgan fingerprint density at radius 2 is 1.88 bits per heavy atom. The van der Waals surface area contributed by atoms with Gasteiger partial charge in [0.05, 0.1) is 6.26 Å². The van der Waals surface area contributed by atoms with Gasteiger partial charge in [0.2, 0.25) is 5.91 Å². The van der Waals surface area contributed by atoms with Crippen LogP contribution in [0.15, 0.2) is 47.1 Å². The summed E-state index contributed by atoms with van der Waals surface area (Å²) in [7, 11) is 0. The Morgan fingerprint density at radius 1 is 1.12 bits per heavy atom. The lowest BCUT2D eigenvalue weighted by Crippen LogP contribution is -2.41. The van der Waals surface area contributed by atoms with E-state index in [9.17, 15) is 14.4 Å². The summed E-state index contributed by atoms with van der Waals surface area (Å²) >= 11 is 0. The van der Waals surface area contributed by atoms with Crippen LogP contribution >= 0.6 is 0 Å². The Kier molecular flexibility index (Phi) is 4.97. The van der Waals surface area contributed by atoms with Crippen LogP contribution < -0.4 is 5.32 Å². The monoisotopic (exact) mass is 340 g/mol. The number of carbonyl (C=O) groups is 3. The topological polar surface area (TPSA) is 79.6 Å². The summed E-state index contributed by atoms with van der Waals surface area (Å²) in [5.74, 6) is -0.0877. The molecule has 130 valence electrons. The predicted molar refractivity (Wildman–Crippen MR) is 92.4 cm³/mol. The van der Waals surface area contributed by atoms with Crippen LogP contribution in [0.1, 0.15) is 40.7 Å². The summed E-state index contributed by atoms with van der Waals surface area (Å²) < 4.78 is 5.13. The Labute approximate surface area is 145 Å². The minimum Gasteiger partial charge on any atom is -0.459 e. The Bertz CT molecular complexity index is 774. The Balaban J connectivity index is 1.56. The van der Waals surface area contributed by atoms with Gasteiger partial charge in [-0.2, -0.15) is 0 Å². The average molecular weight is 340 g/mol. The third-order valence-electron chi connectivity index (χ3n) is 4.42. The number of amides is 2. The first-order valence-electron chi connectivity index (χ1n) is 8.29. The minimum atomic E-state index is -0.151. The van der Waals surface area contributed by atoms with Gasteiger partial charge >= 0.3 is 0 Å². The van der Waals surface area contributed by atoms with Gasteiger partial charge in [0, 0.05) is 30.3 Å². The summed E-state index contributed by atoms with van der Waals surface area (Å²) in [6, 6.07) is 10.2. The van der Waals surface area contributed by atoms with E-state index in [2.05, 4.69) is 5.32 Å². The van der Waals surface area contributed by atoms with Gasteiger partial charge in [-0.05, 0) is 44.0 Å². The zero-order valence-corrected chi connectivity index (χ0v) is 14.0. The molecule has 1 aliphatic heterocycles. The summed E-state index contributed by atoms with van der Waals surface area (Å²) in [4.78, 5) is 37.8. The third-order valence-corrected chi connectivity index (χ3v) is 4.42. The molecule has 25 heavy (non-hydrogen) atoms. The first kappa shape index (κ1) is 17.0. The maximum absolute atomic E-state index is 12.4. The second-order valence-corrected chi connectivity index (χ2v) is 6.17. The van der Waals surface area contributed by atoms with E-state index in [0.29, 0.717) is 42.9 Å². The van der Waals surface area contributed by atoms with Crippen molar-refractivity contribution in [3.63, 3.8) is 0 Å². The van der Waals surface area contributed by atoms with Crippen molar-refractivity contribution in [3.8, 4) is 0 Å². The van der Waals surface area contributed by atoms with Crippen molar-refractivity contribution in [2.75, 3.05) is 18.4 Å². The number of hydrogen-bond donors (Lipinski definition) is 1. The molecule has 1 aliphatic rings. The lowest BCUT2D eigenvalue weighted by atomic mass is 9.95. The zero-order chi connectivity index (χ0) is 17.8. The first-order valence-corrected chi connectivity index (χ1v) is 8.29. The van der Waals surface area contributed by atoms with Gasteiger partial charge in [-0.25, -0.2) is 0 Å². The van der Waals surface area contributed by atoms with Gasteiger partial charge in [-0.15, -0.1) is 0 Å². The summed E-state index contributed by atoms with van der Waals surface area (Å²) in [5, 5.41) is 2.87. The normalized spacial score (nSPS) is 15.0. The number of likely N-dealkylation sites (tertiary alicyclic amines) is 1. The van der Waals surface area contributed by atoms with Gasteiger partial charge in [0.15, 0.2) is 11.5 Å². The lowest BCUT2D eigenvalue weighted by molar-refractivity contribution is -0.121. The van der Waals surface area contributed by atoms with E-state index in [1.807, 2.05) is 0 Å². The van der Waals surface area contributed by atoms with Crippen molar-refractivity contribution in [2.24, 2.45) is 5.92 Å². The van der Waals surface area contributed by atoms with Crippen LogP contribution in [-0.2, 0) is 4.79 Å². The van der Waals surface area contributed by atoms with Crippen LogP contribution in [0.25, 0.3) is 0 Å². The molecule has 1 aromatic carbocycles. The minimum absolute atomic E-state index is 0.0409. The number of furan rings is 1. The molecular weight excluding hydrogens is 320 g/mol. The van der Waals surface area contributed by atoms with Crippen molar-refractivity contribution in [2.45, 2.75) is 19.8 Å². The molecule has 2 amide bonds. The number of anilines is 1. The van der Waals surface area contributed by atoms with E-state index >= 15 is 0 Å². The van der Waals surface area contributed by atoms with Gasteiger partial charge < -0.3 is 14.6 Å². The molecule has 0 bridgehead atoms. The molecule has 0 radical (unpaired) electrons. The van der Waals surface area contributed by atoms with Crippen LogP contribution in [0.2, 0.25) is 0 Å². The van der Waals surface area contributed by atoms with Crippen molar-refractivity contribution in [1.82, 2.24) is 4.90 Å². The smallest absolute Gasteiger partial charge is 0.289 e. The molecule has 0 spiro atoms. The number of Topliss-reactive ketones (excluding diaryl/α,β-unsaturated/α-hetero) is 1. The molecule has 0 atom stereocenters.